The minimum atomic E-state index is -5.04. The van der Waals surface area contributed by atoms with Crippen LogP contribution >= 0.6 is 0 Å². The first-order valence-electron chi connectivity index (χ1n) is 13.0. The summed E-state index contributed by atoms with van der Waals surface area (Å²) in [6, 6.07) is 2.64. The van der Waals surface area contributed by atoms with Gasteiger partial charge in [-0.3, -0.25) is 4.79 Å². The fraction of sp³-hybridized carbons (Fsp3) is 0.500. The molecule has 4 atom stereocenters. The highest BCUT2D eigenvalue weighted by molar-refractivity contribution is 5.76. The number of likely N-dealkylation sites (tertiary alicyclic amines) is 1. The van der Waals surface area contributed by atoms with Crippen LogP contribution in [0.3, 0.4) is 0 Å². The monoisotopic (exact) mass is 589 g/mol. The molecule has 13 heteroatoms. The third-order valence-corrected chi connectivity index (χ3v) is 8.42. The molecule has 2 heterocycles. The van der Waals surface area contributed by atoms with Gasteiger partial charge < -0.3 is 20.2 Å². The number of amides is 2. The van der Waals surface area contributed by atoms with Gasteiger partial charge in [0.2, 0.25) is 0 Å². The molecule has 6 nitrogen and oxygen atoms in total. The summed E-state index contributed by atoms with van der Waals surface area (Å²) in [5.74, 6) is -2.22. The first-order chi connectivity index (χ1) is 18.9. The number of carboxylic acid groups (broad SMARTS) is 1. The molecule has 224 valence electrons. The van der Waals surface area contributed by atoms with Crippen LogP contribution in [0.4, 0.5) is 35.5 Å². The van der Waals surface area contributed by atoms with E-state index in [4.69, 9.17) is 0 Å². The highest BCUT2D eigenvalue weighted by Crippen LogP contribution is 2.46. The maximum atomic E-state index is 13.9. The third kappa shape index (κ3) is 6.00. The van der Waals surface area contributed by atoms with Gasteiger partial charge in [-0.2, -0.15) is 26.3 Å². The average molecular weight is 590 g/mol. The summed E-state index contributed by atoms with van der Waals surface area (Å²) in [5.41, 5.74) is -3.09. The molecule has 2 aromatic carbocycles. The number of benzene rings is 2. The number of carbonyl (C=O) groups excluding carboxylic acids is 1. The maximum Gasteiger partial charge on any atom is 0.416 e. The standard InChI is InChI=1S/C28H30F7N3O3/c1-15-10-20(29)4-5-21(15)23-14-26(22(24(39)40)6-8-36-26)7-9-38(23)25(41)37(3)16(2)17-11-18(27(30,31)32)13-19(12-17)28(33,34)35/h4-5,10-13,16,22-23,36H,6-9,14H2,1-3H3,(H,39,40)/t16-,22-,23-,26-/m1/s1. The van der Waals surface area contributed by atoms with E-state index < -0.39 is 64.8 Å². The zero-order valence-corrected chi connectivity index (χ0v) is 22.5. The highest BCUT2D eigenvalue weighted by atomic mass is 19.4. The molecule has 0 aromatic heterocycles. The second-order valence-electron chi connectivity index (χ2n) is 10.8. The number of nitrogens with one attached hydrogen (secondary N) is 1. The first-order valence-corrected chi connectivity index (χ1v) is 13.0. The smallest absolute Gasteiger partial charge is 0.416 e. The van der Waals surface area contributed by atoms with Gasteiger partial charge >= 0.3 is 24.4 Å². The van der Waals surface area contributed by atoms with Gasteiger partial charge in [-0.25, -0.2) is 9.18 Å². The molecular formula is C28H30F7N3O3. The van der Waals surface area contributed by atoms with Crippen molar-refractivity contribution in [3.8, 4) is 0 Å². The summed E-state index contributed by atoms with van der Waals surface area (Å²) in [4.78, 5) is 28.4. The van der Waals surface area contributed by atoms with Crippen molar-refractivity contribution in [1.82, 2.24) is 15.1 Å². The first kappa shape index (κ1) is 30.6. The van der Waals surface area contributed by atoms with Gasteiger partial charge in [0.15, 0.2) is 0 Å². The van der Waals surface area contributed by atoms with E-state index in [0.717, 1.165) is 4.90 Å². The van der Waals surface area contributed by atoms with E-state index >= 15 is 0 Å². The molecule has 1 spiro atoms. The summed E-state index contributed by atoms with van der Waals surface area (Å²) in [7, 11) is 1.29. The van der Waals surface area contributed by atoms with Crippen molar-refractivity contribution < 1.29 is 45.4 Å². The largest absolute Gasteiger partial charge is 0.481 e. The van der Waals surface area contributed by atoms with Gasteiger partial charge in [0.05, 0.1) is 29.1 Å². The molecule has 41 heavy (non-hydrogen) atoms. The van der Waals surface area contributed by atoms with Crippen molar-refractivity contribution in [2.75, 3.05) is 20.1 Å². The molecule has 2 amide bonds. The molecule has 0 saturated carbocycles. The number of piperidine rings is 1. The Balaban J connectivity index is 1.71. The van der Waals surface area contributed by atoms with Crippen molar-refractivity contribution in [2.24, 2.45) is 5.92 Å². The maximum absolute atomic E-state index is 13.9. The number of aliphatic carboxylic acids is 1. The Morgan fingerprint density at radius 2 is 1.68 bits per heavy atom. The number of urea groups is 1. The van der Waals surface area contributed by atoms with Crippen molar-refractivity contribution in [3.05, 3.63) is 70.0 Å². The van der Waals surface area contributed by atoms with E-state index in [9.17, 15) is 45.4 Å². The van der Waals surface area contributed by atoms with Crippen LogP contribution in [0.25, 0.3) is 0 Å². The molecule has 0 unspecified atom stereocenters. The number of rotatable bonds is 4. The molecule has 0 radical (unpaired) electrons. The van der Waals surface area contributed by atoms with Crippen molar-refractivity contribution in [1.29, 1.82) is 0 Å². The predicted molar refractivity (Wildman–Crippen MR) is 134 cm³/mol. The van der Waals surface area contributed by atoms with E-state index in [1.165, 1.54) is 37.1 Å². The molecular weight excluding hydrogens is 559 g/mol. The molecule has 2 saturated heterocycles. The van der Waals surface area contributed by atoms with Gasteiger partial charge in [0.25, 0.3) is 0 Å². The fourth-order valence-electron chi connectivity index (χ4n) is 6.07. The van der Waals surface area contributed by atoms with Gasteiger partial charge in [-0.15, -0.1) is 0 Å². The lowest BCUT2D eigenvalue weighted by Gasteiger charge is -2.48. The van der Waals surface area contributed by atoms with Crippen LogP contribution in [0, 0.1) is 18.7 Å². The van der Waals surface area contributed by atoms with Crippen molar-refractivity contribution in [3.63, 3.8) is 0 Å². The Morgan fingerprint density at radius 3 is 2.22 bits per heavy atom. The lowest BCUT2D eigenvalue weighted by atomic mass is 9.73. The predicted octanol–water partition coefficient (Wildman–Crippen LogP) is 6.55. The molecule has 2 aliphatic heterocycles. The number of alkyl halides is 6. The number of carboxylic acids is 1. The Labute approximate surface area is 232 Å². The molecule has 2 aromatic rings. The van der Waals surface area contributed by atoms with Crippen LogP contribution in [0.15, 0.2) is 36.4 Å². The fourth-order valence-corrected chi connectivity index (χ4v) is 6.07. The lowest BCUT2D eigenvalue weighted by molar-refractivity contribution is -0.145. The molecule has 4 rings (SSSR count). The third-order valence-electron chi connectivity index (χ3n) is 8.42. The van der Waals surface area contributed by atoms with E-state index in [0.29, 0.717) is 36.2 Å². The Bertz CT molecular complexity index is 1300. The molecule has 0 aliphatic carbocycles. The van der Waals surface area contributed by atoms with E-state index in [1.54, 1.807) is 6.92 Å². The zero-order valence-electron chi connectivity index (χ0n) is 22.5. The molecule has 2 N–H and O–H groups in total. The number of halogens is 7. The topological polar surface area (TPSA) is 72.9 Å². The minimum Gasteiger partial charge on any atom is -0.481 e. The average Bonchev–Trinajstić information content (AvgIpc) is 3.29. The van der Waals surface area contributed by atoms with Crippen LogP contribution in [0.5, 0.6) is 0 Å². The molecule has 2 aliphatic rings. The van der Waals surface area contributed by atoms with Crippen LogP contribution in [0.1, 0.15) is 66.1 Å². The Kier molecular flexibility index (Phi) is 8.07. The van der Waals surface area contributed by atoms with Crippen LogP contribution in [0.2, 0.25) is 0 Å². The second kappa shape index (κ2) is 10.8. The number of carbonyl (C=O) groups is 2. The molecule has 0 bridgehead atoms. The van der Waals surface area contributed by atoms with Gasteiger partial charge in [-0.1, -0.05) is 6.07 Å². The van der Waals surface area contributed by atoms with Crippen LogP contribution in [-0.4, -0.2) is 52.6 Å². The summed E-state index contributed by atoms with van der Waals surface area (Å²) >= 11 is 0. The minimum absolute atomic E-state index is 0.0307. The summed E-state index contributed by atoms with van der Waals surface area (Å²) in [6.45, 7) is 3.49. The van der Waals surface area contributed by atoms with Crippen molar-refractivity contribution >= 4 is 12.0 Å². The SMILES string of the molecule is Cc1cc(F)ccc1[C@H]1C[C@@]2(CCN1C(=O)N(C)[C@H](C)c1cc(C(F)(F)F)cc(C(F)(F)F)c1)NCC[C@@H]2C(=O)O. The van der Waals surface area contributed by atoms with Crippen LogP contribution < -0.4 is 5.32 Å². The summed E-state index contributed by atoms with van der Waals surface area (Å²) in [6.07, 6.45) is -9.27. The Hall–Kier alpha value is -3.35. The number of aryl methyl sites for hydroxylation is 1. The van der Waals surface area contributed by atoms with E-state index in [2.05, 4.69) is 5.32 Å². The summed E-state index contributed by atoms with van der Waals surface area (Å²) in [5, 5.41) is 13.2. The summed E-state index contributed by atoms with van der Waals surface area (Å²) < 4.78 is 94.7. The van der Waals surface area contributed by atoms with Crippen molar-refractivity contribution in [2.45, 2.75) is 63.1 Å². The van der Waals surface area contributed by atoms with Gasteiger partial charge in [0.1, 0.15) is 5.82 Å². The number of hydrogen-bond acceptors (Lipinski definition) is 3. The van der Waals surface area contributed by atoms with Gasteiger partial charge in [-0.05, 0) is 86.7 Å². The molecule has 2 fully saturated rings. The highest BCUT2D eigenvalue weighted by Gasteiger charge is 2.52. The zero-order chi connectivity index (χ0) is 30.5. The number of hydrogen-bond donors (Lipinski definition) is 2. The van der Waals surface area contributed by atoms with Gasteiger partial charge in [0, 0.05) is 19.1 Å². The van der Waals surface area contributed by atoms with E-state index in [1.807, 2.05) is 0 Å². The lowest BCUT2D eigenvalue weighted by Crippen LogP contribution is -2.58. The normalized spacial score (nSPS) is 24.0. The quantitative estimate of drug-likeness (QED) is 0.397. The van der Waals surface area contributed by atoms with Crippen LogP contribution in [-0.2, 0) is 17.1 Å². The second-order valence-corrected chi connectivity index (χ2v) is 10.8. The Morgan fingerprint density at radius 1 is 1.07 bits per heavy atom. The number of nitrogens with zero attached hydrogens (tertiary/aromatic N) is 2. The van der Waals surface area contributed by atoms with E-state index in [-0.39, 0.29) is 31.0 Å².